The smallest absolute Gasteiger partial charge is 0.337 e. The molecule has 2 N–H and O–H groups in total. The maximum absolute atomic E-state index is 11.7. The minimum Gasteiger partial charge on any atom is -0.508 e. The SMILES string of the molecule is COC(=O)c1ccc(-c2ccc([C@H]3[C@@H](c4ccccn4)NC(=S)N3c3ccc(O)cc3)o2)cc1. The maximum atomic E-state index is 11.7. The van der Waals surface area contributed by atoms with E-state index >= 15 is 0 Å². The summed E-state index contributed by atoms with van der Waals surface area (Å²) in [6, 6.07) is 22.9. The second-order valence-corrected chi connectivity index (χ2v) is 8.17. The molecule has 0 bridgehead atoms. The molecule has 5 rings (SSSR count). The van der Waals surface area contributed by atoms with Crippen LogP contribution in [-0.2, 0) is 4.74 Å². The highest BCUT2D eigenvalue weighted by Crippen LogP contribution is 2.43. The fourth-order valence-electron chi connectivity index (χ4n) is 4.09. The van der Waals surface area contributed by atoms with Crippen molar-refractivity contribution < 1.29 is 19.1 Å². The Balaban J connectivity index is 1.54. The number of hydrogen-bond donors (Lipinski definition) is 2. The number of thiocarbonyl (C=S) groups is 1. The summed E-state index contributed by atoms with van der Waals surface area (Å²) in [6.07, 6.45) is 1.75. The summed E-state index contributed by atoms with van der Waals surface area (Å²) in [7, 11) is 1.35. The van der Waals surface area contributed by atoms with Gasteiger partial charge in [0.15, 0.2) is 5.11 Å². The first-order valence-electron chi connectivity index (χ1n) is 10.6. The quantitative estimate of drug-likeness (QED) is 0.310. The summed E-state index contributed by atoms with van der Waals surface area (Å²) < 4.78 is 11.1. The van der Waals surface area contributed by atoms with Gasteiger partial charge in [0.2, 0.25) is 0 Å². The number of hydrogen-bond acceptors (Lipinski definition) is 6. The number of carbonyl (C=O) groups is 1. The molecule has 1 aliphatic heterocycles. The molecule has 1 fully saturated rings. The summed E-state index contributed by atoms with van der Waals surface area (Å²) >= 11 is 5.70. The van der Waals surface area contributed by atoms with E-state index in [2.05, 4.69) is 10.3 Å². The zero-order chi connectivity index (χ0) is 23.7. The Kier molecular flexibility index (Phi) is 5.73. The van der Waals surface area contributed by atoms with E-state index in [0.29, 0.717) is 22.2 Å². The zero-order valence-corrected chi connectivity index (χ0v) is 19.0. The highest BCUT2D eigenvalue weighted by atomic mass is 32.1. The van der Waals surface area contributed by atoms with Crippen molar-refractivity contribution in [2.24, 2.45) is 0 Å². The number of benzene rings is 2. The predicted molar refractivity (Wildman–Crippen MR) is 132 cm³/mol. The van der Waals surface area contributed by atoms with Crippen LogP contribution in [0.15, 0.2) is 89.5 Å². The molecule has 0 spiro atoms. The lowest BCUT2D eigenvalue weighted by Gasteiger charge is -2.26. The highest BCUT2D eigenvalue weighted by Gasteiger charge is 2.42. The van der Waals surface area contributed by atoms with Crippen LogP contribution in [0.4, 0.5) is 5.69 Å². The number of esters is 1. The molecule has 34 heavy (non-hydrogen) atoms. The van der Waals surface area contributed by atoms with Crippen molar-refractivity contribution in [3.8, 4) is 17.1 Å². The number of ether oxygens (including phenoxy) is 1. The van der Waals surface area contributed by atoms with Gasteiger partial charge in [0, 0.05) is 17.4 Å². The second kappa shape index (κ2) is 8.99. The van der Waals surface area contributed by atoms with Gasteiger partial charge in [0.1, 0.15) is 23.3 Å². The van der Waals surface area contributed by atoms with Gasteiger partial charge >= 0.3 is 5.97 Å². The van der Waals surface area contributed by atoms with E-state index in [4.69, 9.17) is 21.4 Å². The van der Waals surface area contributed by atoms with Gasteiger partial charge in [-0.05, 0) is 72.9 Å². The minimum absolute atomic E-state index is 0.176. The second-order valence-electron chi connectivity index (χ2n) is 7.78. The first-order chi connectivity index (χ1) is 16.5. The number of methoxy groups -OCH3 is 1. The van der Waals surface area contributed by atoms with Gasteiger partial charge < -0.3 is 24.5 Å². The van der Waals surface area contributed by atoms with Crippen LogP contribution in [0.3, 0.4) is 0 Å². The van der Waals surface area contributed by atoms with Gasteiger partial charge in [0.25, 0.3) is 0 Å². The number of carbonyl (C=O) groups excluding carboxylic acids is 1. The van der Waals surface area contributed by atoms with Gasteiger partial charge in [-0.2, -0.15) is 0 Å². The monoisotopic (exact) mass is 471 g/mol. The largest absolute Gasteiger partial charge is 0.508 e. The van der Waals surface area contributed by atoms with Crippen LogP contribution in [0, 0.1) is 0 Å². The van der Waals surface area contributed by atoms with Gasteiger partial charge in [-0.15, -0.1) is 0 Å². The van der Waals surface area contributed by atoms with E-state index in [-0.39, 0.29) is 23.8 Å². The third kappa shape index (κ3) is 3.99. The van der Waals surface area contributed by atoms with E-state index in [1.807, 2.05) is 59.5 Å². The Morgan fingerprint density at radius 1 is 1.06 bits per heavy atom. The Morgan fingerprint density at radius 3 is 2.50 bits per heavy atom. The third-order valence-electron chi connectivity index (χ3n) is 5.73. The average molecular weight is 472 g/mol. The van der Waals surface area contributed by atoms with Crippen LogP contribution in [0.5, 0.6) is 5.75 Å². The molecule has 4 aromatic rings. The molecule has 7 nitrogen and oxygen atoms in total. The standard InChI is InChI=1S/C26H21N3O4S/c1-32-25(31)17-7-5-16(6-8-17)21-13-14-22(33-21)24-23(20-4-2-3-15-27-20)28-26(34)29(24)18-9-11-19(30)12-10-18/h2-15,23-24,30H,1H3,(H,28,34)/t23-,24+/m1/s1. The van der Waals surface area contributed by atoms with Crippen LogP contribution in [0.25, 0.3) is 11.3 Å². The molecule has 2 aromatic heterocycles. The summed E-state index contributed by atoms with van der Waals surface area (Å²) in [5.41, 5.74) is 2.95. The van der Waals surface area contributed by atoms with Crippen molar-refractivity contribution in [3.05, 3.63) is 102 Å². The fraction of sp³-hybridized carbons (Fsp3) is 0.115. The van der Waals surface area contributed by atoms with Gasteiger partial charge in [0.05, 0.1) is 24.4 Å². The van der Waals surface area contributed by atoms with Crippen LogP contribution in [0.2, 0.25) is 0 Å². The topological polar surface area (TPSA) is 87.8 Å². The third-order valence-corrected chi connectivity index (χ3v) is 6.05. The van der Waals surface area contributed by atoms with Crippen molar-refractivity contribution in [1.29, 1.82) is 0 Å². The van der Waals surface area contributed by atoms with E-state index in [9.17, 15) is 9.90 Å². The molecule has 0 radical (unpaired) electrons. The molecular weight excluding hydrogens is 450 g/mol. The number of furan rings is 1. The summed E-state index contributed by atoms with van der Waals surface area (Å²) in [4.78, 5) is 18.2. The summed E-state index contributed by atoms with van der Waals surface area (Å²) in [5.74, 6) is 1.15. The minimum atomic E-state index is -0.389. The number of phenols is 1. The van der Waals surface area contributed by atoms with Crippen LogP contribution in [-0.4, -0.2) is 28.3 Å². The fourth-order valence-corrected chi connectivity index (χ4v) is 4.44. The zero-order valence-electron chi connectivity index (χ0n) is 18.2. The van der Waals surface area contributed by atoms with E-state index < -0.39 is 0 Å². The highest BCUT2D eigenvalue weighted by molar-refractivity contribution is 7.80. The molecule has 2 atom stereocenters. The molecule has 0 amide bonds. The normalized spacial score (nSPS) is 17.4. The van der Waals surface area contributed by atoms with Crippen molar-refractivity contribution >= 4 is 29.0 Å². The Hall–Kier alpha value is -4.17. The molecule has 8 heteroatoms. The van der Waals surface area contributed by atoms with Crippen molar-refractivity contribution in [1.82, 2.24) is 10.3 Å². The lowest BCUT2D eigenvalue weighted by molar-refractivity contribution is 0.0600. The van der Waals surface area contributed by atoms with Crippen molar-refractivity contribution in [2.45, 2.75) is 12.1 Å². The Labute approximate surface area is 201 Å². The number of phenolic OH excluding ortho intramolecular Hbond substituents is 1. The van der Waals surface area contributed by atoms with E-state index in [1.54, 1.807) is 30.5 Å². The van der Waals surface area contributed by atoms with Gasteiger partial charge in [-0.25, -0.2) is 4.79 Å². The number of nitrogens with one attached hydrogen (secondary N) is 1. The Morgan fingerprint density at radius 2 is 1.82 bits per heavy atom. The Bertz CT molecular complexity index is 1320. The molecule has 1 aliphatic rings. The molecule has 2 aromatic carbocycles. The molecule has 1 saturated heterocycles. The van der Waals surface area contributed by atoms with Crippen LogP contribution < -0.4 is 10.2 Å². The van der Waals surface area contributed by atoms with Crippen molar-refractivity contribution in [3.63, 3.8) is 0 Å². The first kappa shape index (κ1) is 21.7. The van der Waals surface area contributed by atoms with Crippen LogP contribution in [0.1, 0.15) is 33.9 Å². The summed E-state index contributed by atoms with van der Waals surface area (Å²) in [6.45, 7) is 0. The number of aromatic nitrogens is 1. The number of nitrogens with zero attached hydrogens (tertiary/aromatic N) is 2. The molecule has 170 valence electrons. The van der Waals surface area contributed by atoms with Crippen molar-refractivity contribution in [2.75, 3.05) is 12.0 Å². The number of anilines is 1. The average Bonchev–Trinajstić information content (AvgIpc) is 3.49. The maximum Gasteiger partial charge on any atom is 0.337 e. The molecule has 0 unspecified atom stereocenters. The summed E-state index contributed by atoms with van der Waals surface area (Å²) in [5, 5.41) is 13.7. The lowest BCUT2D eigenvalue weighted by Crippen LogP contribution is -2.29. The predicted octanol–water partition coefficient (Wildman–Crippen LogP) is 5.01. The van der Waals surface area contributed by atoms with Gasteiger partial charge in [-0.1, -0.05) is 18.2 Å². The first-order valence-corrected chi connectivity index (χ1v) is 11.0. The molecule has 0 aliphatic carbocycles. The van der Waals surface area contributed by atoms with Gasteiger partial charge in [-0.3, -0.25) is 4.98 Å². The van der Waals surface area contributed by atoms with E-state index in [0.717, 1.165) is 16.9 Å². The van der Waals surface area contributed by atoms with E-state index in [1.165, 1.54) is 7.11 Å². The van der Waals surface area contributed by atoms with Crippen LogP contribution >= 0.6 is 12.2 Å². The number of aromatic hydroxyl groups is 1. The molecular formula is C26H21N3O4S. The molecule has 0 saturated carbocycles. The molecule has 3 heterocycles. The number of pyridine rings is 1. The lowest BCUT2D eigenvalue weighted by atomic mass is 10.0. The number of rotatable bonds is 5.